The lowest BCUT2D eigenvalue weighted by atomic mass is 10.0. The van der Waals surface area contributed by atoms with Crippen molar-refractivity contribution in [2.45, 2.75) is 20.8 Å². The fourth-order valence-electron chi connectivity index (χ4n) is 2.41. The Balaban J connectivity index is 2.28. The molecular weight excluding hydrogens is 230 g/mol. The molecule has 1 heterocycles. The first kappa shape index (κ1) is 11.9. The van der Waals surface area contributed by atoms with Gasteiger partial charge in [-0.15, -0.1) is 0 Å². The van der Waals surface area contributed by atoms with E-state index in [-0.39, 0.29) is 0 Å². The van der Waals surface area contributed by atoms with Crippen LogP contribution in [0.25, 0.3) is 22.2 Å². The molecule has 0 spiro atoms. The molecule has 0 unspecified atom stereocenters. The Labute approximate surface area is 113 Å². The Morgan fingerprint density at radius 1 is 0.737 bits per heavy atom. The summed E-state index contributed by atoms with van der Waals surface area (Å²) in [6.45, 7) is 6.45. The van der Waals surface area contributed by atoms with Gasteiger partial charge in [0.1, 0.15) is 0 Å². The molecule has 0 aliphatic carbocycles. The van der Waals surface area contributed by atoms with Gasteiger partial charge in [-0.25, -0.2) is 4.98 Å². The van der Waals surface area contributed by atoms with Gasteiger partial charge in [0.05, 0.1) is 11.2 Å². The van der Waals surface area contributed by atoms with Crippen LogP contribution in [0.3, 0.4) is 0 Å². The van der Waals surface area contributed by atoms with E-state index in [1.165, 1.54) is 27.6 Å². The number of aromatic nitrogens is 1. The van der Waals surface area contributed by atoms with Crippen LogP contribution < -0.4 is 0 Å². The molecule has 19 heavy (non-hydrogen) atoms. The van der Waals surface area contributed by atoms with Crippen molar-refractivity contribution in [3.05, 3.63) is 65.2 Å². The summed E-state index contributed by atoms with van der Waals surface area (Å²) in [6.07, 6.45) is 0. The van der Waals surface area contributed by atoms with Crippen LogP contribution >= 0.6 is 0 Å². The van der Waals surface area contributed by atoms with Crippen LogP contribution in [-0.4, -0.2) is 4.98 Å². The lowest BCUT2D eigenvalue weighted by Crippen LogP contribution is -1.91. The highest BCUT2D eigenvalue weighted by Crippen LogP contribution is 2.26. The SMILES string of the molecule is Cc1cc2nc(-c3ccccc3)cc(C)c2cc1C. The van der Waals surface area contributed by atoms with Crippen molar-refractivity contribution in [3.8, 4) is 11.3 Å². The molecule has 2 aromatic carbocycles. The highest BCUT2D eigenvalue weighted by atomic mass is 14.7. The molecule has 3 aromatic rings. The van der Waals surface area contributed by atoms with Crippen molar-refractivity contribution in [2.75, 3.05) is 0 Å². The molecule has 0 saturated carbocycles. The monoisotopic (exact) mass is 247 g/mol. The molecule has 0 aliphatic heterocycles. The van der Waals surface area contributed by atoms with E-state index >= 15 is 0 Å². The van der Waals surface area contributed by atoms with E-state index in [0.717, 1.165) is 11.2 Å². The third-order valence-corrected chi connectivity index (χ3v) is 3.70. The maximum atomic E-state index is 4.81. The van der Waals surface area contributed by atoms with Gasteiger partial charge >= 0.3 is 0 Å². The minimum absolute atomic E-state index is 1.05. The maximum Gasteiger partial charge on any atom is 0.0715 e. The number of rotatable bonds is 1. The number of aryl methyl sites for hydroxylation is 3. The second kappa shape index (κ2) is 4.51. The summed E-state index contributed by atoms with van der Waals surface area (Å²) >= 11 is 0. The Bertz CT molecular complexity index is 742. The molecule has 0 radical (unpaired) electrons. The number of pyridine rings is 1. The first-order chi connectivity index (χ1) is 9.15. The molecule has 0 aliphatic rings. The molecule has 0 N–H and O–H groups in total. The molecular formula is C18H17N. The predicted molar refractivity (Wildman–Crippen MR) is 81.4 cm³/mol. The lowest BCUT2D eigenvalue weighted by Gasteiger charge is -2.09. The number of benzene rings is 2. The molecule has 3 rings (SSSR count). The van der Waals surface area contributed by atoms with Gasteiger partial charge in [0.2, 0.25) is 0 Å². The van der Waals surface area contributed by atoms with Crippen LogP contribution in [0.1, 0.15) is 16.7 Å². The number of nitrogens with zero attached hydrogens (tertiary/aromatic N) is 1. The highest BCUT2D eigenvalue weighted by Gasteiger charge is 2.06. The molecule has 1 heteroatoms. The molecule has 0 saturated heterocycles. The Morgan fingerprint density at radius 3 is 2.16 bits per heavy atom. The number of fused-ring (bicyclic) bond motifs is 1. The molecule has 1 nitrogen and oxygen atoms in total. The van der Waals surface area contributed by atoms with E-state index in [4.69, 9.17) is 4.98 Å². The van der Waals surface area contributed by atoms with Crippen LogP contribution in [0.4, 0.5) is 0 Å². The summed E-state index contributed by atoms with van der Waals surface area (Å²) in [6, 6.07) is 16.9. The first-order valence-corrected chi connectivity index (χ1v) is 6.59. The van der Waals surface area contributed by atoms with Crippen molar-refractivity contribution < 1.29 is 0 Å². The first-order valence-electron chi connectivity index (χ1n) is 6.59. The van der Waals surface area contributed by atoms with Crippen molar-refractivity contribution in [2.24, 2.45) is 0 Å². The molecule has 0 fully saturated rings. The fourth-order valence-corrected chi connectivity index (χ4v) is 2.41. The van der Waals surface area contributed by atoms with Gasteiger partial charge in [0.15, 0.2) is 0 Å². The summed E-state index contributed by atoms with van der Waals surface area (Å²) in [7, 11) is 0. The Morgan fingerprint density at radius 2 is 1.42 bits per heavy atom. The lowest BCUT2D eigenvalue weighted by molar-refractivity contribution is 1.31. The molecule has 0 bridgehead atoms. The summed E-state index contributed by atoms with van der Waals surface area (Å²) < 4.78 is 0. The van der Waals surface area contributed by atoms with E-state index in [2.05, 4.69) is 63.2 Å². The van der Waals surface area contributed by atoms with Gasteiger partial charge in [-0.3, -0.25) is 0 Å². The standard InChI is InChI=1S/C18H17N/c1-12-9-16-14(3)11-17(15-7-5-4-6-8-15)19-18(16)10-13(12)2/h4-11H,1-3H3. The molecule has 94 valence electrons. The van der Waals surface area contributed by atoms with E-state index < -0.39 is 0 Å². The average molecular weight is 247 g/mol. The smallest absolute Gasteiger partial charge is 0.0715 e. The summed E-state index contributed by atoms with van der Waals surface area (Å²) in [5.74, 6) is 0. The van der Waals surface area contributed by atoms with Crippen LogP contribution in [0.2, 0.25) is 0 Å². The van der Waals surface area contributed by atoms with Crippen LogP contribution in [0.15, 0.2) is 48.5 Å². The van der Waals surface area contributed by atoms with Gasteiger partial charge in [-0.05, 0) is 55.7 Å². The largest absolute Gasteiger partial charge is 0.248 e. The van der Waals surface area contributed by atoms with Crippen LogP contribution in [0.5, 0.6) is 0 Å². The minimum Gasteiger partial charge on any atom is -0.248 e. The van der Waals surface area contributed by atoms with E-state index in [0.29, 0.717) is 0 Å². The zero-order valence-electron chi connectivity index (χ0n) is 11.6. The number of hydrogen-bond acceptors (Lipinski definition) is 1. The third-order valence-electron chi connectivity index (χ3n) is 3.70. The summed E-state index contributed by atoms with van der Waals surface area (Å²) in [5, 5.41) is 1.25. The van der Waals surface area contributed by atoms with Gasteiger partial charge in [-0.1, -0.05) is 30.3 Å². The second-order valence-corrected chi connectivity index (χ2v) is 5.14. The number of hydrogen-bond donors (Lipinski definition) is 0. The Hall–Kier alpha value is -2.15. The topological polar surface area (TPSA) is 12.9 Å². The maximum absolute atomic E-state index is 4.81. The summed E-state index contributed by atoms with van der Waals surface area (Å²) in [4.78, 5) is 4.81. The Kier molecular flexibility index (Phi) is 2.83. The fraction of sp³-hybridized carbons (Fsp3) is 0.167. The molecule has 0 atom stereocenters. The highest BCUT2D eigenvalue weighted by molar-refractivity contribution is 5.86. The van der Waals surface area contributed by atoms with E-state index in [1.54, 1.807) is 0 Å². The van der Waals surface area contributed by atoms with Crippen molar-refractivity contribution >= 4 is 10.9 Å². The van der Waals surface area contributed by atoms with Crippen LogP contribution in [-0.2, 0) is 0 Å². The summed E-state index contributed by atoms with van der Waals surface area (Å²) in [5.41, 5.74) is 7.21. The van der Waals surface area contributed by atoms with Crippen molar-refractivity contribution in [1.29, 1.82) is 0 Å². The van der Waals surface area contributed by atoms with Gasteiger partial charge in [-0.2, -0.15) is 0 Å². The van der Waals surface area contributed by atoms with Crippen molar-refractivity contribution in [3.63, 3.8) is 0 Å². The predicted octanol–water partition coefficient (Wildman–Crippen LogP) is 4.83. The minimum atomic E-state index is 1.05. The third kappa shape index (κ3) is 2.12. The average Bonchev–Trinajstić information content (AvgIpc) is 2.42. The zero-order valence-corrected chi connectivity index (χ0v) is 11.6. The van der Waals surface area contributed by atoms with Crippen LogP contribution in [0, 0.1) is 20.8 Å². The van der Waals surface area contributed by atoms with E-state index in [1.807, 2.05) is 6.07 Å². The normalized spacial score (nSPS) is 10.9. The van der Waals surface area contributed by atoms with Gasteiger partial charge in [0.25, 0.3) is 0 Å². The van der Waals surface area contributed by atoms with E-state index in [9.17, 15) is 0 Å². The van der Waals surface area contributed by atoms with Gasteiger partial charge < -0.3 is 0 Å². The second-order valence-electron chi connectivity index (χ2n) is 5.14. The van der Waals surface area contributed by atoms with Crippen molar-refractivity contribution in [1.82, 2.24) is 4.98 Å². The molecule has 0 amide bonds. The quantitative estimate of drug-likeness (QED) is 0.600. The molecule has 1 aromatic heterocycles. The zero-order chi connectivity index (χ0) is 13.4. The van der Waals surface area contributed by atoms with Gasteiger partial charge in [0, 0.05) is 10.9 Å².